The van der Waals surface area contributed by atoms with Crippen LogP contribution in [0.25, 0.3) is 0 Å². The lowest BCUT2D eigenvalue weighted by Crippen LogP contribution is -2.16. The zero-order valence-corrected chi connectivity index (χ0v) is 10.2. The van der Waals surface area contributed by atoms with Crippen LogP contribution in [-0.2, 0) is 11.2 Å². The second kappa shape index (κ2) is 5.00. The van der Waals surface area contributed by atoms with Crippen LogP contribution in [0.1, 0.15) is 17.0 Å². The standard InChI is InChI=1S/C13H14FN3O/c1-8-3-4-10(14)12(5-8)17-13(18)6-11-9(2)15-7-16-11/h3-5,7H,6H2,1-2H3,(H,15,16)(H,17,18). The molecule has 2 rings (SSSR count). The lowest BCUT2D eigenvalue weighted by molar-refractivity contribution is -0.115. The van der Waals surface area contributed by atoms with Crippen LogP contribution in [0, 0.1) is 19.7 Å². The van der Waals surface area contributed by atoms with E-state index < -0.39 is 5.82 Å². The van der Waals surface area contributed by atoms with Crippen LogP contribution in [0.2, 0.25) is 0 Å². The van der Waals surface area contributed by atoms with Crippen molar-refractivity contribution in [3.63, 3.8) is 0 Å². The fraction of sp³-hybridized carbons (Fsp3) is 0.231. The van der Waals surface area contributed by atoms with Gasteiger partial charge in [0, 0.05) is 5.69 Å². The monoisotopic (exact) mass is 247 g/mol. The van der Waals surface area contributed by atoms with Crippen molar-refractivity contribution in [3.05, 3.63) is 47.3 Å². The molecule has 0 aliphatic carbocycles. The minimum Gasteiger partial charge on any atom is -0.348 e. The van der Waals surface area contributed by atoms with Gasteiger partial charge in [-0.3, -0.25) is 4.79 Å². The highest BCUT2D eigenvalue weighted by molar-refractivity contribution is 5.92. The Labute approximate surface area is 104 Å². The summed E-state index contributed by atoms with van der Waals surface area (Å²) in [5.74, 6) is -0.720. The zero-order valence-electron chi connectivity index (χ0n) is 10.2. The summed E-state index contributed by atoms with van der Waals surface area (Å²) in [5.41, 5.74) is 2.60. The van der Waals surface area contributed by atoms with Crippen molar-refractivity contribution in [3.8, 4) is 0 Å². The highest BCUT2D eigenvalue weighted by atomic mass is 19.1. The molecule has 1 aromatic heterocycles. The molecule has 0 fully saturated rings. The van der Waals surface area contributed by atoms with Gasteiger partial charge in [0.2, 0.25) is 5.91 Å². The van der Waals surface area contributed by atoms with Crippen molar-refractivity contribution in [2.75, 3.05) is 5.32 Å². The van der Waals surface area contributed by atoms with Crippen molar-refractivity contribution in [1.82, 2.24) is 9.97 Å². The molecule has 2 N–H and O–H groups in total. The number of amides is 1. The number of carbonyl (C=O) groups is 1. The molecule has 1 heterocycles. The maximum absolute atomic E-state index is 13.5. The number of aryl methyl sites for hydroxylation is 2. The van der Waals surface area contributed by atoms with Crippen molar-refractivity contribution < 1.29 is 9.18 Å². The van der Waals surface area contributed by atoms with Crippen LogP contribution < -0.4 is 5.32 Å². The molecule has 1 amide bonds. The van der Waals surface area contributed by atoms with Crippen LogP contribution >= 0.6 is 0 Å². The van der Waals surface area contributed by atoms with Gasteiger partial charge < -0.3 is 10.3 Å². The molecule has 18 heavy (non-hydrogen) atoms. The normalized spacial score (nSPS) is 10.4. The van der Waals surface area contributed by atoms with E-state index in [4.69, 9.17) is 0 Å². The molecule has 0 atom stereocenters. The van der Waals surface area contributed by atoms with Crippen molar-refractivity contribution in [1.29, 1.82) is 0 Å². The SMILES string of the molecule is Cc1ccc(F)c(NC(=O)Cc2nc[nH]c2C)c1. The number of rotatable bonds is 3. The zero-order chi connectivity index (χ0) is 13.1. The number of aromatic amines is 1. The van der Waals surface area contributed by atoms with E-state index in [0.29, 0.717) is 5.69 Å². The van der Waals surface area contributed by atoms with Gasteiger partial charge in [0.15, 0.2) is 0 Å². The van der Waals surface area contributed by atoms with Gasteiger partial charge in [-0.2, -0.15) is 0 Å². The molecule has 0 unspecified atom stereocenters. The van der Waals surface area contributed by atoms with Crippen LogP contribution in [0.3, 0.4) is 0 Å². The molecule has 0 aliphatic rings. The third-order valence-electron chi connectivity index (χ3n) is 2.66. The largest absolute Gasteiger partial charge is 0.348 e. The number of hydrogen-bond acceptors (Lipinski definition) is 2. The second-order valence-corrected chi connectivity index (χ2v) is 4.18. The van der Waals surface area contributed by atoms with Gasteiger partial charge in [-0.25, -0.2) is 9.37 Å². The second-order valence-electron chi connectivity index (χ2n) is 4.18. The summed E-state index contributed by atoms with van der Waals surface area (Å²) in [6.45, 7) is 3.68. The molecule has 0 saturated carbocycles. The van der Waals surface area contributed by atoms with E-state index >= 15 is 0 Å². The Bertz CT molecular complexity index is 577. The van der Waals surface area contributed by atoms with E-state index in [0.717, 1.165) is 11.3 Å². The van der Waals surface area contributed by atoms with Gasteiger partial charge >= 0.3 is 0 Å². The van der Waals surface area contributed by atoms with Crippen LogP contribution in [0.5, 0.6) is 0 Å². The van der Waals surface area contributed by atoms with E-state index in [1.807, 2.05) is 13.8 Å². The Hall–Kier alpha value is -2.17. The molecule has 0 radical (unpaired) electrons. The maximum Gasteiger partial charge on any atom is 0.230 e. The van der Waals surface area contributed by atoms with Gasteiger partial charge in [0.1, 0.15) is 5.82 Å². The maximum atomic E-state index is 13.5. The van der Waals surface area contributed by atoms with Gasteiger partial charge in [0.05, 0.1) is 24.1 Å². The summed E-state index contributed by atoms with van der Waals surface area (Å²) < 4.78 is 13.5. The van der Waals surface area contributed by atoms with Crippen molar-refractivity contribution in [2.45, 2.75) is 20.3 Å². The first kappa shape index (κ1) is 12.3. The summed E-state index contributed by atoms with van der Waals surface area (Å²) in [5, 5.41) is 2.55. The Morgan fingerprint density at radius 3 is 2.89 bits per heavy atom. The Morgan fingerprint density at radius 2 is 2.22 bits per heavy atom. The number of H-pyrrole nitrogens is 1. The molecular formula is C13H14FN3O. The fourth-order valence-electron chi connectivity index (χ4n) is 1.65. The van der Waals surface area contributed by atoms with Crippen molar-refractivity contribution in [2.24, 2.45) is 0 Å². The van der Waals surface area contributed by atoms with Crippen LogP contribution in [-0.4, -0.2) is 15.9 Å². The molecule has 0 bridgehead atoms. The molecule has 2 aromatic rings. The molecule has 0 spiro atoms. The number of hydrogen-bond donors (Lipinski definition) is 2. The Morgan fingerprint density at radius 1 is 1.44 bits per heavy atom. The Kier molecular flexibility index (Phi) is 3.41. The number of carbonyl (C=O) groups excluding carboxylic acids is 1. The van der Waals surface area contributed by atoms with E-state index in [-0.39, 0.29) is 18.0 Å². The van der Waals surface area contributed by atoms with E-state index in [1.54, 1.807) is 12.1 Å². The van der Waals surface area contributed by atoms with E-state index in [9.17, 15) is 9.18 Å². The number of benzene rings is 1. The summed E-state index contributed by atoms with van der Waals surface area (Å²) in [6, 6.07) is 4.60. The van der Waals surface area contributed by atoms with Gasteiger partial charge in [0.25, 0.3) is 0 Å². The third kappa shape index (κ3) is 2.74. The van der Waals surface area contributed by atoms with Gasteiger partial charge in [-0.05, 0) is 31.5 Å². The van der Waals surface area contributed by atoms with E-state index in [1.165, 1.54) is 12.4 Å². The van der Waals surface area contributed by atoms with Crippen molar-refractivity contribution >= 4 is 11.6 Å². The summed E-state index contributed by atoms with van der Waals surface area (Å²) in [4.78, 5) is 18.7. The topological polar surface area (TPSA) is 57.8 Å². The first-order valence-electron chi connectivity index (χ1n) is 5.61. The predicted molar refractivity (Wildman–Crippen MR) is 66.8 cm³/mol. The number of anilines is 1. The molecule has 5 heteroatoms. The number of nitrogens with one attached hydrogen (secondary N) is 2. The molecule has 4 nitrogen and oxygen atoms in total. The minimum absolute atomic E-state index is 0.128. The minimum atomic E-state index is -0.437. The third-order valence-corrected chi connectivity index (χ3v) is 2.66. The van der Waals surface area contributed by atoms with Crippen LogP contribution in [0.15, 0.2) is 24.5 Å². The number of nitrogens with zero attached hydrogens (tertiary/aromatic N) is 1. The van der Waals surface area contributed by atoms with E-state index in [2.05, 4.69) is 15.3 Å². The molecule has 94 valence electrons. The summed E-state index contributed by atoms with van der Waals surface area (Å²) in [7, 11) is 0. The molecule has 1 aromatic carbocycles. The number of aromatic nitrogens is 2. The molecule has 0 aliphatic heterocycles. The fourth-order valence-corrected chi connectivity index (χ4v) is 1.65. The summed E-state index contributed by atoms with van der Waals surface area (Å²) >= 11 is 0. The quantitative estimate of drug-likeness (QED) is 0.874. The first-order valence-corrected chi connectivity index (χ1v) is 5.61. The highest BCUT2D eigenvalue weighted by Crippen LogP contribution is 2.16. The number of halogens is 1. The van der Waals surface area contributed by atoms with Gasteiger partial charge in [-0.1, -0.05) is 6.07 Å². The lowest BCUT2D eigenvalue weighted by Gasteiger charge is -2.06. The first-order chi connectivity index (χ1) is 8.56. The predicted octanol–water partition coefficient (Wildman–Crippen LogP) is 2.35. The average molecular weight is 247 g/mol. The van der Waals surface area contributed by atoms with Crippen LogP contribution in [0.4, 0.5) is 10.1 Å². The highest BCUT2D eigenvalue weighted by Gasteiger charge is 2.10. The molecule has 0 saturated heterocycles. The average Bonchev–Trinajstić information content (AvgIpc) is 2.70. The summed E-state index contributed by atoms with van der Waals surface area (Å²) in [6.07, 6.45) is 1.66. The molecular weight excluding hydrogens is 233 g/mol. The number of imidazole rings is 1. The smallest absolute Gasteiger partial charge is 0.230 e. The lowest BCUT2D eigenvalue weighted by atomic mass is 10.2. The van der Waals surface area contributed by atoms with Gasteiger partial charge in [-0.15, -0.1) is 0 Å². The Balaban J connectivity index is 2.08.